The summed E-state index contributed by atoms with van der Waals surface area (Å²) in [5.41, 5.74) is 4.80. The molecular weight excluding hydrogens is 286 g/mol. The molecule has 0 radical (unpaired) electrons. The zero-order valence-electron chi connectivity index (χ0n) is 13.6. The van der Waals surface area contributed by atoms with Gasteiger partial charge in [-0.2, -0.15) is 0 Å². The number of carbonyl (C=O) groups excluding carboxylic acids is 1. The van der Waals surface area contributed by atoms with E-state index in [0.717, 1.165) is 37.3 Å². The Labute approximate surface area is 137 Å². The van der Waals surface area contributed by atoms with Gasteiger partial charge in [-0.15, -0.1) is 0 Å². The lowest BCUT2D eigenvalue weighted by molar-refractivity contribution is -0.120. The van der Waals surface area contributed by atoms with Crippen molar-refractivity contribution >= 4 is 5.91 Å². The number of pyridine rings is 1. The molecule has 0 bridgehead atoms. The molecule has 1 aliphatic heterocycles. The topological polar surface area (TPSA) is 45.2 Å². The largest absolute Gasteiger partial charge is 0.355 e. The second-order valence-corrected chi connectivity index (χ2v) is 6.13. The van der Waals surface area contributed by atoms with E-state index in [2.05, 4.69) is 39.5 Å². The number of amides is 1. The molecule has 0 saturated heterocycles. The molecule has 120 valence electrons. The molecule has 0 aliphatic carbocycles. The third-order valence-electron chi connectivity index (χ3n) is 4.30. The molecule has 4 heteroatoms. The van der Waals surface area contributed by atoms with Gasteiger partial charge in [-0.1, -0.05) is 30.3 Å². The average Bonchev–Trinajstić information content (AvgIpc) is 2.57. The molecule has 0 unspecified atom stereocenters. The Bertz CT molecular complexity index is 667. The summed E-state index contributed by atoms with van der Waals surface area (Å²) >= 11 is 0. The molecule has 3 rings (SSSR count). The minimum absolute atomic E-state index is 0.0630. The summed E-state index contributed by atoms with van der Waals surface area (Å²) in [6, 6.07) is 12.5. The van der Waals surface area contributed by atoms with E-state index in [4.69, 9.17) is 0 Å². The van der Waals surface area contributed by atoms with Crippen LogP contribution in [0.25, 0.3) is 0 Å². The van der Waals surface area contributed by atoms with Crippen LogP contribution in [0, 0.1) is 6.92 Å². The van der Waals surface area contributed by atoms with Crippen molar-refractivity contribution in [3.05, 3.63) is 65.0 Å². The molecule has 0 fully saturated rings. The van der Waals surface area contributed by atoms with E-state index in [1.165, 1.54) is 11.1 Å². The van der Waals surface area contributed by atoms with Gasteiger partial charge in [-0.3, -0.25) is 14.7 Å². The van der Waals surface area contributed by atoms with Crippen molar-refractivity contribution in [2.45, 2.75) is 26.3 Å². The number of hydrogen-bond donors (Lipinski definition) is 1. The first-order valence-electron chi connectivity index (χ1n) is 8.18. The van der Waals surface area contributed by atoms with Crippen molar-refractivity contribution in [2.75, 3.05) is 19.6 Å². The lowest BCUT2D eigenvalue weighted by Crippen LogP contribution is -2.38. The zero-order valence-corrected chi connectivity index (χ0v) is 13.6. The quantitative estimate of drug-likeness (QED) is 0.920. The lowest BCUT2D eigenvalue weighted by Gasteiger charge is -2.28. The van der Waals surface area contributed by atoms with E-state index < -0.39 is 0 Å². The lowest BCUT2D eigenvalue weighted by atomic mass is 10.00. The van der Waals surface area contributed by atoms with Crippen LogP contribution in [0.4, 0.5) is 0 Å². The first-order valence-corrected chi connectivity index (χ1v) is 8.18. The molecule has 2 heterocycles. The summed E-state index contributed by atoms with van der Waals surface area (Å²) in [4.78, 5) is 18.6. The highest BCUT2D eigenvalue weighted by atomic mass is 16.1. The fourth-order valence-electron chi connectivity index (χ4n) is 2.95. The third-order valence-corrected chi connectivity index (χ3v) is 4.30. The number of aromatic nitrogens is 1. The Morgan fingerprint density at radius 3 is 2.83 bits per heavy atom. The summed E-state index contributed by atoms with van der Waals surface area (Å²) < 4.78 is 0. The predicted molar refractivity (Wildman–Crippen MR) is 91.1 cm³/mol. The Kier molecular flexibility index (Phi) is 5.03. The molecule has 2 aromatic rings. The maximum Gasteiger partial charge on any atom is 0.224 e. The summed E-state index contributed by atoms with van der Waals surface area (Å²) in [5.74, 6) is 0.0630. The van der Waals surface area contributed by atoms with Crippen LogP contribution in [0.1, 0.15) is 22.4 Å². The van der Waals surface area contributed by atoms with Crippen LogP contribution in [-0.2, 0) is 24.2 Å². The molecule has 1 aliphatic rings. The van der Waals surface area contributed by atoms with Gasteiger partial charge in [0.1, 0.15) is 0 Å². The summed E-state index contributed by atoms with van der Waals surface area (Å²) in [5, 5.41) is 3.01. The monoisotopic (exact) mass is 309 g/mol. The number of nitrogens with zero attached hydrogens (tertiary/aromatic N) is 2. The Morgan fingerprint density at radius 1 is 1.22 bits per heavy atom. The van der Waals surface area contributed by atoms with Gasteiger partial charge in [-0.05, 0) is 36.1 Å². The first-order chi connectivity index (χ1) is 11.2. The number of fused-ring (bicyclic) bond motifs is 1. The zero-order chi connectivity index (χ0) is 16.1. The fraction of sp³-hybridized carbons (Fsp3) is 0.368. The highest BCUT2D eigenvalue weighted by Crippen LogP contribution is 2.17. The second-order valence-electron chi connectivity index (χ2n) is 6.13. The van der Waals surface area contributed by atoms with Crippen LogP contribution >= 0.6 is 0 Å². The maximum atomic E-state index is 12.0. The van der Waals surface area contributed by atoms with E-state index in [9.17, 15) is 4.79 Å². The standard InChI is InChI=1S/C19H23N3O/c1-15-6-7-16(13-21-15)12-19(23)20-9-11-22-10-8-17-4-2-3-5-18(17)14-22/h2-7,13H,8-12,14H2,1H3,(H,20,23). The number of benzene rings is 1. The van der Waals surface area contributed by atoms with E-state index in [-0.39, 0.29) is 5.91 Å². The molecule has 1 N–H and O–H groups in total. The normalized spacial score (nSPS) is 14.3. The Hall–Kier alpha value is -2.20. The summed E-state index contributed by atoms with van der Waals surface area (Å²) in [7, 11) is 0. The predicted octanol–water partition coefficient (Wildman–Crippen LogP) is 2.11. The second kappa shape index (κ2) is 7.38. The van der Waals surface area contributed by atoms with Gasteiger partial charge in [0, 0.05) is 38.1 Å². The third kappa shape index (κ3) is 4.39. The number of aryl methyl sites for hydroxylation is 1. The first kappa shape index (κ1) is 15.7. The van der Waals surface area contributed by atoms with Gasteiger partial charge in [-0.25, -0.2) is 0 Å². The van der Waals surface area contributed by atoms with Gasteiger partial charge in [0.15, 0.2) is 0 Å². The smallest absolute Gasteiger partial charge is 0.224 e. The molecule has 1 aromatic heterocycles. The number of rotatable bonds is 5. The molecule has 4 nitrogen and oxygen atoms in total. The van der Waals surface area contributed by atoms with Crippen molar-refractivity contribution in [1.29, 1.82) is 0 Å². The molecule has 0 saturated carbocycles. The highest BCUT2D eigenvalue weighted by molar-refractivity contribution is 5.78. The van der Waals surface area contributed by atoms with E-state index in [1.54, 1.807) is 6.20 Å². The van der Waals surface area contributed by atoms with Crippen molar-refractivity contribution in [3.63, 3.8) is 0 Å². The van der Waals surface area contributed by atoms with Crippen LogP contribution in [0.5, 0.6) is 0 Å². The Morgan fingerprint density at radius 2 is 2.04 bits per heavy atom. The molecule has 0 spiro atoms. The number of nitrogens with one attached hydrogen (secondary N) is 1. The number of carbonyl (C=O) groups is 1. The van der Waals surface area contributed by atoms with Crippen molar-refractivity contribution < 1.29 is 4.79 Å². The van der Waals surface area contributed by atoms with Gasteiger partial charge in [0.25, 0.3) is 0 Å². The molecular formula is C19H23N3O. The van der Waals surface area contributed by atoms with Crippen LogP contribution in [0.2, 0.25) is 0 Å². The van der Waals surface area contributed by atoms with Crippen molar-refractivity contribution in [3.8, 4) is 0 Å². The van der Waals surface area contributed by atoms with Gasteiger partial charge < -0.3 is 5.32 Å². The Balaban J connectivity index is 1.41. The van der Waals surface area contributed by atoms with Crippen molar-refractivity contribution in [1.82, 2.24) is 15.2 Å². The highest BCUT2D eigenvalue weighted by Gasteiger charge is 2.15. The van der Waals surface area contributed by atoms with Crippen LogP contribution in [-0.4, -0.2) is 35.4 Å². The van der Waals surface area contributed by atoms with E-state index in [0.29, 0.717) is 13.0 Å². The average molecular weight is 309 g/mol. The van der Waals surface area contributed by atoms with Crippen molar-refractivity contribution in [2.24, 2.45) is 0 Å². The van der Waals surface area contributed by atoms with Gasteiger partial charge in [0.05, 0.1) is 6.42 Å². The summed E-state index contributed by atoms with van der Waals surface area (Å²) in [6.07, 6.45) is 3.27. The maximum absolute atomic E-state index is 12.0. The number of hydrogen-bond acceptors (Lipinski definition) is 3. The fourth-order valence-corrected chi connectivity index (χ4v) is 2.95. The van der Waals surface area contributed by atoms with Crippen LogP contribution in [0.15, 0.2) is 42.6 Å². The van der Waals surface area contributed by atoms with Crippen LogP contribution < -0.4 is 5.32 Å². The molecule has 23 heavy (non-hydrogen) atoms. The van der Waals surface area contributed by atoms with Gasteiger partial charge >= 0.3 is 0 Å². The molecule has 1 amide bonds. The SMILES string of the molecule is Cc1ccc(CC(=O)NCCN2CCc3ccccc3C2)cn1. The molecule has 1 aromatic carbocycles. The van der Waals surface area contributed by atoms with Gasteiger partial charge in [0.2, 0.25) is 5.91 Å². The minimum atomic E-state index is 0.0630. The minimum Gasteiger partial charge on any atom is -0.355 e. The van der Waals surface area contributed by atoms with E-state index >= 15 is 0 Å². The summed E-state index contributed by atoms with van der Waals surface area (Å²) in [6.45, 7) is 5.58. The molecule has 0 atom stereocenters. The van der Waals surface area contributed by atoms with Crippen LogP contribution in [0.3, 0.4) is 0 Å². The van der Waals surface area contributed by atoms with E-state index in [1.807, 2.05) is 19.1 Å².